The molecule has 0 radical (unpaired) electrons. The van der Waals surface area contributed by atoms with Crippen molar-refractivity contribution >= 4 is 23.4 Å². The molecule has 1 saturated carbocycles. The molecule has 0 N–H and O–H groups in total. The van der Waals surface area contributed by atoms with Gasteiger partial charge in [-0.1, -0.05) is 24.4 Å². The molecular weight excluding hydrogens is 226 g/mol. The maximum Gasteiger partial charge on any atom is 0.107 e. The Morgan fingerprint density at radius 3 is 2.33 bits per heavy atom. The lowest BCUT2D eigenvalue weighted by Gasteiger charge is -2.19. The molecule has 15 heavy (non-hydrogen) atoms. The Hall–Kier alpha value is -0.650. The van der Waals surface area contributed by atoms with Gasteiger partial charge in [0.25, 0.3) is 0 Å². The number of benzene rings is 1. The molecule has 0 spiro atoms. The summed E-state index contributed by atoms with van der Waals surface area (Å²) >= 11 is 7.51. The van der Waals surface area contributed by atoms with Gasteiger partial charge in [0, 0.05) is 9.92 Å². The molecule has 0 heterocycles. The van der Waals surface area contributed by atoms with Gasteiger partial charge in [-0.25, -0.2) is 0 Å². The third-order valence-corrected chi connectivity index (χ3v) is 4.39. The smallest absolute Gasteiger partial charge is 0.107 e. The van der Waals surface area contributed by atoms with E-state index in [2.05, 4.69) is 6.07 Å². The largest absolute Gasteiger partial charge is 0.197 e. The maximum absolute atomic E-state index is 9.24. The predicted octanol–water partition coefficient (Wildman–Crippen LogP) is 4.27. The fraction of sp³-hybridized carbons (Fsp3) is 0.417. The number of halogens is 1. The fourth-order valence-corrected chi connectivity index (χ4v) is 3.30. The molecule has 1 nitrogen and oxygen atoms in total. The monoisotopic (exact) mass is 237 g/mol. The van der Waals surface area contributed by atoms with E-state index in [1.165, 1.54) is 12.8 Å². The van der Waals surface area contributed by atoms with Gasteiger partial charge in [0.1, 0.15) is 4.75 Å². The fourth-order valence-electron chi connectivity index (χ4n) is 1.91. The summed E-state index contributed by atoms with van der Waals surface area (Å²) in [6, 6.07) is 10.2. The van der Waals surface area contributed by atoms with E-state index in [1.807, 2.05) is 24.3 Å². The Kier molecular flexibility index (Phi) is 3.23. The molecular formula is C12H12ClNS. The van der Waals surface area contributed by atoms with Crippen molar-refractivity contribution in [3.8, 4) is 6.07 Å². The highest BCUT2D eigenvalue weighted by Gasteiger charge is 2.34. The third-order valence-electron chi connectivity index (χ3n) is 2.74. The number of hydrogen-bond acceptors (Lipinski definition) is 2. The normalized spacial score (nSPS) is 18.7. The van der Waals surface area contributed by atoms with Gasteiger partial charge in [-0.2, -0.15) is 5.26 Å². The molecule has 0 amide bonds. The van der Waals surface area contributed by atoms with Crippen molar-refractivity contribution in [2.24, 2.45) is 0 Å². The topological polar surface area (TPSA) is 23.8 Å². The first-order valence-corrected chi connectivity index (χ1v) is 6.29. The van der Waals surface area contributed by atoms with Gasteiger partial charge >= 0.3 is 0 Å². The summed E-state index contributed by atoms with van der Waals surface area (Å²) in [7, 11) is 0. The first kappa shape index (κ1) is 10.9. The van der Waals surface area contributed by atoms with Gasteiger partial charge in [-0.3, -0.25) is 0 Å². The minimum Gasteiger partial charge on any atom is -0.197 e. The number of hydrogen-bond donors (Lipinski definition) is 0. The molecule has 0 atom stereocenters. The van der Waals surface area contributed by atoms with Crippen LogP contribution in [0, 0.1) is 11.3 Å². The van der Waals surface area contributed by atoms with E-state index in [9.17, 15) is 5.26 Å². The highest BCUT2D eigenvalue weighted by Crippen LogP contribution is 2.44. The minimum absolute atomic E-state index is 0.187. The average molecular weight is 238 g/mol. The van der Waals surface area contributed by atoms with E-state index in [0.29, 0.717) is 0 Å². The van der Waals surface area contributed by atoms with Crippen LogP contribution in [0.1, 0.15) is 25.7 Å². The number of rotatable bonds is 2. The first-order valence-electron chi connectivity index (χ1n) is 5.10. The van der Waals surface area contributed by atoms with Crippen LogP contribution >= 0.6 is 23.4 Å². The number of nitrogens with zero attached hydrogens (tertiary/aromatic N) is 1. The highest BCUT2D eigenvalue weighted by atomic mass is 35.5. The summed E-state index contributed by atoms with van der Waals surface area (Å²) in [6.45, 7) is 0. The minimum atomic E-state index is -0.187. The van der Waals surface area contributed by atoms with E-state index >= 15 is 0 Å². The van der Waals surface area contributed by atoms with Crippen molar-refractivity contribution in [3.63, 3.8) is 0 Å². The molecule has 78 valence electrons. The molecule has 1 fully saturated rings. The van der Waals surface area contributed by atoms with E-state index in [4.69, 9.17) is 11.6 Å². The summed E-state index contributed by atoms with van der Waals surface area (Å²) in [5.74, 6) is 0. The zero-order valence-electron chi connectivity index (χ0n) is 8.37. The molecule has 1 aromatic carbocycles. The molecule has 1 aromatic rings. The summed E-state index contributed by atoms with van der Waals surface area (Å²) in [6.07, 6.45) is 4.37. The third kappa shape index (κ3) is 2.48. The van der Waals surface area contributed by atoms with Crippen LogP contribution < -0.4 is 0 Å². The number of nitriles is 1. The highest BCUT2D eigenvalue weighted by molar-refractivity contribution is 8.01. The van der Waals surface area contributed by atoms with Gasteiger partial charge < -0.3 is 0 Å². The molecule has 0 bridgehead atoms. The summed E-state index contributed by atoms with van der Waals surface area (Å²) < 4.78 is -0.187. The SMILES string of the molecule is N#CC1(Sc2ccc(Cl)cc2)CCCC1. The van der Waals surface area contributed by atoms with Crippen LogP contribution in [0.25, 0.3) is 0 Å². The Morgan fingerprint density at radius 2 is 1.80 bits per heavy atom. The lowest BCUT2D eigenvalue weighted by molar-refractivity contribution is 0.759. The summed E-state index contributed by atoms with van der Waals surface area (Å²) in [5, 5.41) is 9.98. The van der Waals surface area contributed by atoms with Gasteiger partial charge in [0.15, 0.2) is 0 Å². The Bertz CT molecular complexity index is 374. The summed E-state index contributed by atoms with van der Waals surface area (Å²) in [5.41, 5.74) is 0. The number of thioether (sulfide) groups is 1. The zero-order valence-corrected chi connectivity index (χ0v) is 9.94. The van der Waals surface area contributed by atoms with Crippen LogP contribution in [0.5, 0.6) is 0 Å². The van der Waals surface area contributed by atoms with Crippen LogP contribution in [0.4, 0.5) is 0 Å². The zero-order chi connectivity index (χ0) is 10.7. The lowest BCUT2D eigenvalue weighted by Crippen LogP contribution is -2.16. The summed E-state index contributed by atoms with van der Waals surface area (Å²) in [4.78, 5) is 1.14. The van der Waals surface area contributed by atoms with Crippen LogP contribution in [-0.2, 0) is 0 Å². The maximum atomic E-state index is 9.24. The molecule has 3 heteroatoms. The predicted molar refractivity (Wildman–Crippen MR) is 64.1 cm³/mol. The quantitative estimate of drug-likeness (QED) is 0.767. The van der Waals surface area contributed by atoms with E-state index in [-0.39, 0.29) is 4.75 Å². The Morgan fingerprint density at radius 1 is 1.20 bits per heavy atom. The molecule has 2 rings (SSSR count). The second-order valence-electron chi connectivity index (χ2n) is 3.87. The lowest BCUT2D eigenvalue weighted by atomic mass is 10.1. The molecule has 0 aliphatic heterocycles. The van der Waals surface area contributed by atoms with Crippen LogP contribution in [0.15, 0.2) is 29.2 Å². The molecule has 0 aromatic heterocycles. The Balaban J connectivity index is 2.14. The Labute approximate surface area is 99.4 Å². The van der Waals surface area contributed by atoms with Gasteiger partial charge in [-0.15, -0.1) is 11.8 Å². The average Bonchev–Trinajstić information content (AvgIpc) is 2.71. The molecule has 0 unspecified atom stereocenters. The standard InChI is InChI=1S/C12H12ClNS/c13-10-3-5-11(6-4-10)15-12(9-14)7-1-2-8-12/h3-6H,1-2,7-8H2. The van der Waals surface area contributed by atoms with E-state index in [0.717, 1.165) is 22.8 Å². The molecule has 1 aliphatic rings. The van der Waals surface area contributed by atoms with Crippen molar-refractivity contribution in [1.82, 2.24) is 0 Å². The van der Waals surface area contributed by atoms with Crippen LogP contribution in [0.3, 0.4) is 0 Å². The van der Waals surface area contributed by atoms with E-state index in [1.54, 1.807) is 11.8 Å². The van der Waals surface area contributed by atoms with Gasteiger partial charge in [0.2, 0.25) is 0 Å². The second-order valence-corrected chi connectivity index (χ2v) is 5.76. The van der Waals surface area contributed by atoms with Crippen molar-refractivity contribution < 1.29 is 0 Å². The van der Waals surface area contributed by atoms with Gasteiger partial charge in [0.05, 0.1) is 6.07 Å². The van der Waals surface area contributed by atoms with Crippen LogP contribution in [-0.4, -0.2) is 4.75 Å². The van der Waals surface area contributed by atoms with Gasteiger partial charge in [-0.05, 0) is 37.1 Å². The van der Waals surface area contributed by atoms with Crippen LogP contribution in [0.2, 0.25) is 5.02 Å². The molecule has 0 saturated heterocycles. The van der Waals surface area contributed by atoms with Crippen molar-refractivity contribution in [1.29, 1.82) is 5.26 Å². The second kappa shape index (κ2) is 4.47. The molecule has 1 aliphatic carbocycles. The van der Waals surface area contributed by atoms with Crippen molar-refractivity contribution in [2.45, 2.75) is 35.3 Å². The van der Waals surface area contributed by atoms with Crippen molar-refractivity contribution in [3.05, 3.63) is 29.3 Å². The first-order chi connectivity index (χ1) is 7.24. The van der Waals surface area contributed by atoms with Crippen molar-refractivity contribution in [2.75, 3.05) is 0 Å². The van der Waals surface area contributed by atoms with E-state index < -0.39 is 0 Å².